The Labute approximate surface area is 389 Å². The average molecular weight is 911 g/mol. The van der Waals surface area contributed by atoms with Crippen LogP contribution in [0.5, 0.6) is 17.2 Å². The maximum absolute atomic E-state index is 12.4. The van der Waals surface area contributed by atoms with Crippen molar-refractivity contribution in [2.24, 2.45) is 0 Å². The number of methoxy groups -OCH3 is 1. The van der Waals surface area contributed by atoms with Gasteiger partial charge in [0.1, 0.15) is 42.5 Å². The van der Waals surface area contributed by atoms with Crippen LogP contribution in [-0.2, 0) is 44.7 Å². The summed E-state index contributed by atoms with van der Waals surface area (Å²) < 4.78 is 43.1. The van der Waals surface area contributed by atoms with Gasteiger partial charge in [-0.2, -0.15) is 0 Å². The highest BCUT2D eigenvalue weighted by atomic mass is 16.6. The van der Waals surface area contributed by atoms with E-state index in [2.05, 4.69) is 13.5 Å². The van der Waals surface area contributed by atoms with Crippen molar-refractivity contribution in [3.05, 3.63) is 103 Å². The van der Waals surface area contributed by atoms with Crippen LogP contribution in [0.2, 0.25) is 0 Å². The van der Waals surface area contributed by atoms with Crippen LogP contribution in [-0.4, -0.2) is 83.2 Å². The van der Waals surface area contributed by atoms with Crippen molar-refractivity contribution in [1.29, 1.82) is 0 Å². The number of hydrogen-bond donors (Lipinski definition) is 1. The fourth-order valence-corrected chi connectivity index (χ4v) is 5.73. The number of hydrogen-bond acceptors (Lipinski definition) is 13. The van der Waals surface area contributed by atoms with Gasteiger partial charge in [-0.15, -0.1) is 0 Å². The molecule has 0 heterocycles. The Morgan fingerprint density at radius 1 is 0.662 bits per heavy atom. The molecule has 0 fully saturated rings. The second-order valence-corrected chi connectivity index (χ2v) is 14.5. The second kappa shape index (κ2) is 43.8. The second-order valence-electron chi connectivity index (χ2n) is 14.5. The molecule has 13 heteroatoms. The Hall–Kier alpha value is -5.40. The average Bonchev–Trinajstić information content (AvgIpc) is 3.32. The molecule has 0 saturated carbocycles. The fraction of sp³-hybridized carbons (Fsp3) is 0.538. The summed E-state index contributed by atoms with van der Waals surface area (Å²) in [5.41, 5.74) is 1.48. The molecule has 364 valence electrons. The Morgan fingerprint density at radius 3 is 1.92 bits per heavy atom. The predicted molar refractivity (Wildman–Crippen MR) is 255 cm³/mol. The zero-order valence-corrected chi connectivity index (χ0v) is 39.9. The van der Waals surface area contributed by atoms with Gasteiger partial charge in [-0.25, -0.2) is 4.79 Å². The lowest BCUT2D eigenvalue weighted by Crippen LogP contribution is -2.09. The summed E-state index contributed by atoms with van der Waals surface area (Å²) in [5.74, 6) is 1.71. The molecular weight excluding hydrogens is 833 g/mol. The highest BCUT2D eigenvalue weighted by Crippen LogP contribution is 2.25. The molecule has 2 aromatic carbocycles. The molecule has 0 unspecified atom stereocenters. The first-order chi connectivity index (χ1) is 31.8. The summed E-state index contributed by atoms with van der Waals surface area (Å²) in [6.45, 7) is 12.8. The molecule has 2 aromatic rings. The Balaban J connectivity index is 0.00000155. The maximum Gasteiger partial charge on any atom is 0.336 e. The fourth-order valence-electron chi connectivity index (χ4n) is 5.73. The van der Waals surface area contributed by atoms with Crippen molar-refractivity contribution in [1.82, 2.24) is 0 Å². The number of aliphatic hydroxyl groups excluding tert-OH is 1. The van der Waals surface area contributed by atoms with Crippen LogP contribution in [0.4, 0.5) is 0 Å². The minimum atomic E-state index is -0.494. The van der Waals surface area contributed by atoms with E-state index in [1.165, 1.54) is 44.4 Å². The molecule has 0 aromatic heterocycles. The third-order valence-electron chi connectivity index (χ3n) is 9.10. The van der Waals surface area contributed by atoms with Gasteiger partial charge in [0.25, 0.3) is 0 Å². The summed E-state index contributed by atoms with van der Waals surface area (Å²) >= 11 is 0. The van der Waals surface area contributed by atoms with E-state index in [9.17, 15) is 19.2 Å². The molecule has 0 amide bonds. The molecule has 2 rings (SSSR count). The zero-order valence-electron chi connectivity index (χ0n) is 39.9. The zero-order chi connectivity index (χ0) is 48.0. The lowest BCUT2D eigenvalue weighted by molar-refractivity contribution is -0.145. The van der Waals surface area contributed by atoms with Gasteiger partial charge in [0.15, 0.2) is 0 Å². The molecule has 0 radical (unpaired) electrons. The molecule has 13 nitrogen and oxygen atoms in total. The van der Waals surface area contributed by atoms with Crippen molar-refractivity contribution in [3.8, 4) is 17.2 Å². The summed E-state index contributed by atoms with van der Waals surface area (Å²) in [4.78, 5) is 45.8. The van der Waals surface area contributed by atoms with Crippen molar-refractivity contribution < 1.29 is 62.2 Å². The Kier molecular flexibility index (Phi) is 40.2. The molecular formula is C52H78O13. The molecule has 0 aliphatic carbocycles. The van der Waals surface area contributed by atoms with Crippen LogP contribution in [0.15, 0.2) is 91.4 Å². The number of ether oxygens (including phenoxy) is 8. The number of aliphatic hydroxyl groups is 1. The highest BCUT2D eigenvalue weighted by molar-refractivity contribution is 5.84. The number of aldehydes is 1. The first-order valence-electron chi connectivity index (χ1n) is 23.1. The van der Waals surface area contributed by atoms with E-state index in [-0.39, 0.29) is 18.5 Å². The number of esters is 3. The van der Waals surface area contributed by atoms with E-state index in [4.69, 9.17) is 43.0 Å². The maximum atomic E-state index is 12.4. The van der Waals surface area contributed by atoms with E-state index in [1.807, 2.05) is 26.0 Å². The molecule has 65 heavy (non-hydrogen) atoms. The van der Waals surface area contributed by atoms with Gasteiger partial charge in [-0.05, 0) is 106 Å². The van der Waals surface area contributed by atoms with Gasteiger partial charge in [0, 0.05) is 43.8 Å². The van der Waals surface area contributed by atoms with Crippen molar-refractivity contribution in [2.45, 2.75) is 130 Å². The number of carbonyl (C=O) groups is 4. The molecule has 0 bridgehead atoms. The Morgan fingerprint density at radius 2 is 1.28 bits per heavy atom. The quantitative estimate of drug-likeness (QED) is 0.0131. The summed E-state index contributed by atoms with van der Waals surface area (Å²) in [7, 11) is 2.61. The van der Waals surface area contributed by atoms with Crippen molar-refractivity contribution in [3.63, 3.8) is 0 Å². The minimum absolute atomic E-state index is 0.114. The van der Waals surface area contributed by atoms with Crippen LogP contribution < -0.4 is 14.2 Å². The smallest absolute Gasteiger partial charge is 0.336 e. The lowest BCUT2D eigenvalue weighted by Gasteiger charge is -2.11. The van der Waals surface area contributed by atoms with Gasteiger partial charge in [-0.3, -0.25) is 14.4 Å². The van der Waals surface area contributed by atoms with Gasteiger partial charge < -0.3 is 43.0 Å². The predicted octanol–water partition coefficient (Wildman–Crippen LogP) is 11.2. The van der Waals surface area contributed by atoms with Gasteiger partial charge >= 0.3 is 17.9 Å². The monoisotopic (exact) mass is 911 g/mol. The largest absolute Gasteiger partial charge is 0.498 e. The third kappa shape index (κ3) is 34.7. The number of benzene rings is 2. The molecule has 0 saturated heterocycles. The number of rotatable bonds is 36. The van der Waals surface area contributed by atoms with Crippen LogP contribution in [0, 0.1) is 0 Å². The van der Waals surface area contributed by atoms with E-state index in [0.29, 0.717) is 75.3 Å². The molecule has 1 N–H and O–H groups in total. The van der Waals surface area contributed by atoms with E-state index < -0.39 is 5.97 Å². The first-order valence-corrected chi connectivity index (χ1v) is 23.1. The number of unbranched alkanes of at least 4 members (excludes halogenated alkanes) is 10. The molecule has 0 aliphatic heterocycles. The Bertz CT molecular complexity index is 1610. The van der Waals surface area contributed by atoms with Crippen LogP contribution in [0.3, 0.4) is 0 Å². The van der Waals surface area contributed by atoms with E-state index in [0.717, 1.165) is 82.5 Å². The topological polar surface area (TPSA) is 162 Å². The van der Waals surface area contributed by atoms with Crippen LogP contribution in [0.1, 0.15) is 139 Å². The SMILES string of the molecule is C=COCCOC(=O)CCCCCCOC(/C=C\C)=C/C=C/C(=O)Oc1ccc(OC)c(COCCCCCCCC)c1.CCCOC(=O)CCCCCOc1ccc(C=O)cc1.CO. The van der Waals surface area contributed by atoms with Crippen molar-refractivity contribution >= 4 is 24.2 Å². The van der Waals surface area contributed by atoms with Gasteiger partial charge in [-0.1, -0.05) is 77.5 Å². The number of allylic oxidation sites excluding steroid dienone is 4. The van der Waals surface area contributed by atoms with Gasteiger partial charge in [0.05, 0.1) is 39.8 Å². The summed E-state index contributed by atoms with van der Waals surface area (Å²) in [6.07, 6.45) is 25.7. The molecule has 0 spiro atoms. The summed E-state index contributed by atoms with van der Waals surface area (Å²) in [5, 5.41) is 7.00. The van der Waals surface area contributed by atoms with Gasteiger partial charge in [0.2, 0.25) is 0 Å². The van der Waals surface area contributed by atoms with Crippen LogP contribution >= 0.6 is 0 Å². The first kappa shape index (κ1) is 59.6. The van der Waals surface area contributed by atoms with Crippen LogP contribution in [0.25, 0.3) is 0 Å². The van der Waals surface area contributed by atoms with E-state index >= 15 is 0 Å². The molecule has 0 atom stereocenters. The minimum Gasteiger partial charge on any atom is -0.498 e. The third-order valence-corrected chi connectivity index (χ3v) is 9.10. The lowest BCUT2D eigenvalue weighted by atomic mass is 10.1. The normalized spacial score (nSPS) is 10.8. The van der Waals surface area contributed by atoms with E-state index in [1.54, 1.807) is 61.7 Å². The number of carbonyl (C=O) groups excluding carboxylic acids is 4. The highest BCUT2D eigenvalue weighted by Gasteiger charge is 2.09. The summed E-state index contributed by atoms with van der Waals surface area (Å²) in [6, 6.07) is 12.3. The standard InChI is InChI=1S/C35H52O8.C16H22O4.CH4O/c1-5-8-9-10-12-15-24-40-29-30-28-32(22-23-33(30)38-4)43-35(37)21-17-19-31(18-6-2)41-25-16-13-11-14-20-34(36)42-27-26-39-7-3;1-2-11-20-16(18)6-4-3-5-12-19-15-9-7-14(13-17)8-10-15;1-2/h6-7,17-19,21-23,28H,3,5,8-16,20,24-27,29H2,1-2,4H3;7-10,13H,2-6,11-12H2,1H3;2H,1H3/b18-6-,21-17+,31-19+;;. The van der Waals surface area contributed by atoms with Crippen molar-refractivity contribution in [2.75, 3.05) is 53.9 Å². The molecule has 0 aliphatic rings.